The summed E-state index contributed by atoms with van der Waals surface area (Å²) < 4.78 is 12.8. The first kappa shape index (κ1) is 12.8. The highest BCUT2D eigenvalue weighted by Crippen LogP contribution is 2.18. The molecule has 0 radical (unpaired) electrons. The van der Waals surface area contributed by atoms with Gasteiger partial charge in [0.15, 0.2) is 0 Å². The Bertz CT molecular complexity index is 650. The van der Waals surface area contributed by atoms with Gasteiger partial charge in [-0.1, -0.05) is 0 Å². The average Bonchev–Trinajstić information content (AvgIpc) is 2.39. The Morgan fingerprint density at radius 3 is 2.21 bits per heavy atom. The lowest BCUT2D eigenvalue weighted by Crippen LogP contribution is -2.13. The molecule has 19 heavy (non-hydrogen) atoms. The highest BCUT2D eigenvalue weighted by Gasteiger charge is 2.11. The molecule has 1 amide bonds. The smallest absolute Gasteiger partial charge is 0.248 e. The molecule has 0 aliphatic rings. The van der Waals surface area contributed by atoms with Crippen molar-refractivity contribution in [1.82, 2.24) is 0 Å². The summed E-state index contributed by atoms with van der Waals surface area (Å²) in [5.41, 5.74) is 12.6. The van der Waals surface area contributed by atoms with Crippen molar-refractivity contribution in [3.05, 3.63) is 65.0 Å². The van der Waals surface area contributed by atoms with E-state index < -0.39 is 5.91 Å². The second-order valence-electron chi connectivity index (χ2n) is 4.05. The molecule has 2 rings (SSSR count). The standard InChI is InChI=1S/C14H12FN3O/c15-10-4-1-8(2-5-10)13(17)11-7-9(14(18)19)3-6-12(11)16/h1-7,17H,16H2,(H2,18,19). The van der Waals surface area contributed by atoms with E-state index in [1.165, 1.54) is 42.5 Å². The third-order valence-electron chi connectivity index (χ3n) is 2.74. The first-order chi connectivity index (χ1) is 8.99. The van der Waals surface area contributed by atoms with Gasteiger partial charge in [0.1, 0.15) is 5.82 Å². The number of carbonyl (C=O) groups excluding carboxylic acids is 1. The predicted octanol–water partition coefficient (Wildman–Crippen LogP) is 1.92. The van der Waals surface area contributed by atoms with Gasteiger partial charge in [-0.15, -0.1) is 0 Å². The molecule has 0 atom stereocenters. The van der Waals surface area contributed by atoms with Gasteiger partial charge in [0.2, 0.25) is 5.91 Å². The molecule has 96 valence electrons. The van der Waals surface area contributed by atoms with Crippen LogP contribution in [0.25, 0.3) is 0 Å². The van der Waals surface area contributed by atoms with Gasteiger partial charge in [-0.3, -0.25) is 10.2 Å². The van der Waals surface area contributed by atoms with E-state index >= 15 is 0 Å². The monoisotopic (exact) mass is 257 g/mol. The number of nitrogens with one attached hydrogen (secondary N) is 1. The summed E-state index contributed by atoms with van der Waals surface area (Å²) in [5.74, 6) is -0.969. The molecule has 0 fully saturated rings. The molecule has 0 heterocycles. The van der Waals surface area contributed by atoms with Gasteiger partial charge in [0, 0.05) is 22.4 Å². The fraction of sp³-hybridized carbons (Fsp3) is 0. The van der Waals surface area contributed by atoms with Crippen LogP contribution in [0.3, 0.4) is 0 Å². The van der Waals surface area contributed by atoms with Gasteiger partial charge < -0.3 is 11.5 Å². The minimum Gasteiger partial charge on any atom is -0.398 e. The summed E-state index contributed by atoms with van der Waals surface area (Å²) in [6.07, 6.45) is 0. The third kappa shape index (κ3) is 2.60. The Kier molecular flexibility index (Phi) is 3.29. The zero-order valence-corrected chi connectivity index (χ0v) is 9.98. The minimum absolute atomic E-state index is 0.112. The maximum atomic E-state index is 12.8. The van der Waals surface area contributed by atoms with E-state index in [2.05, 4.69) is 0 Å². The fourth-order valence-electron chi connectivity index (χ4n) is 1.70. The van der Waals surface area contributed by atoms with Crippen molar-refractivity contribution in [3.8, 4) is 0 Å². The highest BCUT2D eigenvalue weighted by molar-refractivity contribution is 6.14. The molecule has 5 heteroatoms. The molecule has 4 nitrogen and oxygen atoms in total. The maximum absolute atomic E-state index is 12.8. The van der Waals surface area contributed by atoms with Crippen molar-refractivity contribution >= 4 is 17.3 Å². The molecule has 0 unspecified atom stereocenters. The Morgan fingerprint density at radius 2 is 1.63 bits per heavy atom. The molecule has 0 aliphatic heterocycles. The number of nitrogen functional groups attached to an aromatic ring is 1. The molecule has 2 aromatic carbocycles. The van der Waals surface area contributed by atoms with Crippen LogP contribution in [0.15, 0.2) is 42.5 Å². The van der Waals surface area contributed by atoms with Crippen LogP contribution < -0.4 is 11.5 Å². The Balaban J connectivity index is 2.46. The van der Waals surface area contributed by atoms with Gasteiger partial charge >= 0.3 is 0 Å². The first-order valence-corrected chi connectivity index (χ1v) is 5.53. The molecular formula is C14H12FN3O. The minimum atomic E-state index is -0.590. The van der Waals surface area contributed by atoms with Gasteiger partial charge in [0.05, 0.1) is 5.71 Å². The van der Waals surface area contributed by atoms with E-state index in [-0.39, 0.29) is 17.1 Å². The molecule has 2 aromatic rings. The third-order valence-corrected chi connectivity index (χ3v) is 2.74. The second kappa shape index (κ2) is 4.89. The number of hydrogen-bond acceptors (Lipinski definition) is 3. The predicted molar refractivity (Wildman–Crippen MR) is 71.7 cm³/mol. The van der Waals surface area contributed by atoms with Gasteiger partial charge in [-0.05, 0) is 42.5 Å². The van der Waals surface area contributed by atoms with Crippen LogP contribution in [0.2, 0.25) is 0 Å². The number of primary amides is 1. The Hall–Kier alpha value is -2.69. The highest BCUT2D eigenvalue weighted by atomic mass is 19.1. The number of anilines is 1. The molecule has 0 bridgehead atoms. The quantitative estimate of drug-likeness (QED) is 0.579. The average molecular weight is 257 g/mol. The number of carbonyl (C=O) groups is 1. The van der Waals surface area contributed by atoms with Crippen LogP contribution in [-0.4, -0.2) is 11.6 Å². The van der Waals surface area contributed by atoms with Crippen LogP contribution >= 0.6 is 0 Å². The largest absolute Gasteiger partial charge is 0.398 e. The van der Waals surface area contributed by atoms with Crippen molar-refractivity contribution in [3.63, 3.8) is 0 Å². The normalized spacial score (nSPS) is 10.2. The van der Waals surface area contributed by atoms with Crippen molar-refractivity contribution in [2.24, 2.45) is 5.73 Å². The van der Waals surface area contributed by atoms with Crippen LogP contribution in [0, 0.1) is 11.2 Å². The van der Waals surface area contributed by atoms with Crippen molar-refractivity contribution in [1.29, 1.82) is 5.41 Å². The SMILES string of the molecule is N=C(c1ccc(F)cc1)c1cc(C(N)=O)ccc1N. The Morgan fingerprint density at radius 1 is 1.05 bits per heavy atom. The Labute approximate surface area is 109 Å². The topological polar surface area (TPSA) is 93.0 Å². The van der Waals surface area contributed by atoms with E-state index in [0.717, 1.165) is 0 Å². The summed E-state index contributed by atoms with van der Waals surface area (Å²) in [6.45, 7) is 0. The number of rotatable bonds is 3. The summed E-state index contributed by atoms with van der Waals surface area (Å²) in [4.78, 5) is 11.1. The van der Waals surface area contributed by atoms with E-state index in [9.17, 15) is 9.18 Å². The number of benzene rings is 2. The number of hydrogen-bond donors (Lipinski definition) is 3. The molecule has 0 saturated carbocycles. The molecule has 5 N–H and O–H groups in total. The van der Waals surface area contributed by atoms with E-state index in [1.807, 2.05) is 0 Å². The van der Waals surface area contributed by atoms with Crippen LogP contribution in [-0.2, 0) is 0 Å². The van der Waals surface area contributed by atoms with E-state index in [1.54, 1.807) is 0 Å². The van der Waals surface area contributed by atoms with Crippen molar-refractivity contribution in [2.75, 3.05) is 5.73 Å². The van der Waals surface area contributed by atoms with Gasteiger partial charge in [-0.25, -0.2) is 4.39 Å². The number of nitrogens with two attached hydrogens (primary N) is 2. The molecule has 0 spiro atoms. The summed E-state index contributed by atoms with van der Waals surface area (Å²) in [6, 6.07) is 9.97. The summed E-state index contributed by atoms with van der Waals surface area (Å²) >= 11 is 0. The lowest BCUT2D eigenvalue weighted by atomic mass is 9.98. The molecule has 0 aromatic heterocycles. The molecule has 0 aliphatic carbocycles. The first-order valence-electron chi connectivity index (χ1n) is 5.53. The van der Waals surface area contributed by atoms with Crippen LogP contribution in [0.1, 0.15) is 21.5 Å². The summed E-state index contributed by atoms with van der Waals surface area (Å²) in [7, 11) is 0. The van der Waals surface area contributed by atoms with E-state index in [0.29, 0.717) is 16.8 Å². The van der Waals surface area contributed by atoms with Crippen molar-refractivity contribution < 1.29 is 9.18 Å². The van der Waals surface area contributed by atoms with E-state index in [4.69, 9.17) is 16.9 Å². The zero-order valence-electron chi connectivity index (χ0n) is 9.98. The number of amides is 1. The lowest BCUT2D eigenvalue weighted by molar-refractivity contribution is 0.100. The van der Waals surface area contributed by atoms with Gasteiger partial charge in [-0.2, -0.15) is 0 Å². The van der Waals surface area contributed by atoms with Crippen molar-refractivity contribution in [2.45, 2.75) is 0 Å². The summed E-state index contributed by atoms with van der Waals surface area (Å²) in [5, 5.41) is 8.07. The van der Waals surface area contributed by atoms with Crippen LogP contribution in [0.4, 0.5) is 10.1 Å². The lowest BCUT2D eigenvalue weighted by Gasteiger charge is -2.09. The zero-order chi connectivity index (χ0) is 14.0. The second-order valence-corrected chi connectivity index (χ2v) is 4.05. The molecule has 0 saturated heterocycles. The molecular weight excluding hydrogens is 245 g/mol. The fourth-order valence-corrected chi connectivity index (χ4v) is 1.70. The maximum Gasteiger partial charge on any atom is 0.248 e. The number of halogens is 1. The van der Waals surface area contributed by atoms with Gasteiger partial charge in [0.25, 0.3) is 0 Å². The van der Waals surface area contributed by atoms with Crippen LogP contribution in [0.5, 0.6) is 0 Å².